The molecule has 1 fully saturated rings. The Morgan fingerprint density at radius 1 is 1.25 bits per heavy atom. The van der Waals surface area contributed by atoms with Crippen LogP contribution in [0.4, 0.5) is 5.69 Å². The van der Waals surface area contributed by atoms with E-state index in [0.29, 0.717) is 12.5 Å². The Bertz CT molecular complexity index is 715. The molecule has 1 saturated heterocycles. The number of rotatable bonds is 9. The highest BCUT2D eigenvalue weighted by atomic mass is 32.1. The van der Waals surface area contributed by atoms with Crippen molar-refractivity contribution in [1.29, 1.82) is 0 Å². The highest BCUT2D eigenvalue weighted by Gasteiger charge is 2.24. The van der Waals surface area contributed by atoms with Crippen LogP contribution < -0.4 is 15.4 Å². The Morgan fingerprint density at radius 2 is 2.00 bits per heavy atom. The van der Waals surface area contributed by atoms with Gasteiger partial charge in [0, 0.05) is 42.7 Å². The number of carbonyl (C=O) groups is 1. The standard InChI is InChI=1S/C21H29N3O3S/c1-16(14-21(25)23-17-5-7-18(26-2)8-6-17)22-15-19(20-4-3-13-28-20)24-9-11-27-12-10-24/h3-8,13,16,19,22H,9-12,14-15H2,1-2H3,(H,23,25)/t16-,19+/m1/s1. The Morgan fingerprint density at radius 3 is 2.64 bits per heavy atom. The highest BCUT2D eigenvalue weighted by molar-refractivity contribution is 7.10. The van der Waals surface area contributed by atoms with Gasteiger partial charge in [0.15, 0.2) is 0 Å². The summed E-state index contributed by atoms with van der Waals surface area (Å²) in [5, 5.41) is 8.61. The number of hydrogen-bond acceptors (Lipinski definition) is 6. The van der Waals surface area contributed by atoms with Gasteiger partial charge < -0.3 is 20.1 Å². The Balaban J connectivity index is 1.49. The van der Waals surface area contributed by atoms with E-state index in [9.17, 15) is 4.79 Å². The second-order valence-corrected chi connectivity index (χ2v) is 7.95. The molecule has 2 aromatic rings. The van der Waals surface area contributed by atoms with E-state index in [1.165, 1.54) is 4.88 Å². The van der Waals surface area contributed by atoms with Crippen molar-refractivity contribution in [3.05, 3.63) is 46.7 Å². The summed E-state index contributed by atoms with van der Waals surface area (Å²) in [6, 6.07) is 12.1. The van der Waals surface area contributed by atoms with Gasteiger partial charge in [-0.25, -0.2) is 0 Å². The average molecular weight is 404 g/mol. The first-order chi connectivity index (χ1) is 13.7. The number of ether oxygens (including phenoxy) is 2. The fraction of sp³-hybridized carbons (Fsp3) is 0.476. The smallest absolute Gasteiger partial charge is 0.225 e. The monoisotopic (exact) mass is 403 g/mol. The molecule has 152 valence electrons. The first-order valence-corrected chi connectivity index (χ1v) is 10.6. The lowest BCUT2D eigenvalue weighted by atomic mass is 10.1. The Labute approximate surface area is 170 Å². The topological polar surface area (TPSA) is 62.8 Å². The van der Waals surface area contributed by atoms with Gasteiger partial charge in [0.05, 0.1) is 26.4 Å². The van der Waals surface area contributed by atoms with Gasteiger partial charge in [-0.05, 0) is 42.6 Å². The van der Waals surface area contributed by atoms with E-state index in [1.807, 2.05) is 24.3 Å². The van der Waals surface area contributed by atoms with Crippen molar-refractivity contribution in [2.75, 3.05) is 45.3 Å². The molecule has 0 saturated carbocycles. The normalized spacial score (nSPS) is 17.1. The first-order valence-electron chi connectivity index (χ1n) is 9.68. The molecule has 28 heavy (non-hydrogen) atoms. The van der Waals surface area contributed by atoms with Gasteiger partial charge in [-0.1, -0.05) is 6.07 Å². The van der Waals surface area contributed by atoms with Crippen LogP contribution in [0, 0.1) is 0 Å². The minimum Gasteiger partial charge on any atom is -0.497 e. The second-order valence-electron chi connectivity index (χ2n) is 6.97. The number of hydrogen-bond donors (Lipinski definition) is 2. The van der Waals surface area contributed by atoms with E-state index in [2.05, 4.69) is 40.0 Å². The molecular formula is C21H29N3O3S. The molecule has 0 bridgehead atoms. The van der Waals surface area contributed by atoms with Gasteiger partial charge in [-0.2, -0.15) is 0 Å². The lowest BCUT2D eigenvalue weighted by Crippen LogP contribution is -2.44. The van der Waals surface area contributed by atoms with Crippen LogP contribution in [0.15, 0.2) is 41.8 Å². The molecule has 2 N–H and O–H groups in total. The van der Waals surface area contributed by atoms with Crippen LogP contribution in [-0.2, 0) is 9.53 Å². The predicted molar refractivity (Wildman–Crippen MR) is 113 cm³/mol. The fourth-order valence-electron chi connectivity index (χ4n) is 3.33. The van der Waals surface area contributed by atoms with Gasteiger partial charge in [-0.3, -0.25) is 9.69 Å². The molecule has 1 aromatic heterocycles. The van der Waals surface area contributed by atoms with E-state index in [1.54, 1.807) is 18.4 Å². The number of amides is 1. The predicted octanol–water partition coefficient (Wildman–Crippen LogP) is 3.14. The lowest BCUT2D eigenvalue weighted by Gasteiger charge is -2.34. The number of carbonyl (C=O) groups excluding carboxylic acids is 1. The third kappa shape index (κ3) is 6.04. The molecule has 1 aliphatic rings. The summed E-state index contributed by atoms with van der Waals surface area (Å²) in [5.41, 5.74) is 0.780. The fourth-order valence-corrected chi connectivity index (χ4v) is 4.19. The van der Waals surface area contributed by atoms with Crippen molar-refractivity contribution in [1.82, 2.24) is 10.2 Å². The van der Waals surface area contributed by atoms with Gasteiger partial charge in [0.1, 0.15) is 5.75 Å². The maximum absolute atomic E-state index is 12.3. The van der Waals surface area contributed by atoms with E-state index < -0.39 is 0 Å². The third-order valence-electron chi connectivity index (χ3n) is 4.88. The zero-order valence-corrected chi connectivity index (χ0v) is 17.3. The van der Waals surface area contributed by atoms with E-state index in [-0.39, 0.29) is 11.9 Å². The molecule has 1 aliphatic heterocycles. The quantitative estimate of drug-likeness (QED) is 0.674. The Kier molecular flexibility index (Phi) is 7.85. The molecule has 2 atom stereocenters. The number of nitrogens with one attached hydrogen (secondary N) is 2. The van der Waals surface area contributed by atoms with Crippen LogP contribution in [0.25, 0.3) is 0 Å². The van der Waals surface area contributed by atoms with Crippen molar-refractivity contribution in [3.63, 3.8) is 0 Å². The van der Waals surface area contributed by atoms with Crippen LogP contribution >= 0.6 is 11.3 Å². The average Bonchev–Trinajstić information content (AvgIpc) is 3.24. The van der Waals surface area contributed by atoms with Crippen molar-refractivity contribution >= 4 is 22.9 Å². The summed E-state index contributed by atoms with van der Waals surface area (Å²) < 4.78 is 10.6. The summed E-state index contributed by atoms with van der Waals surface area (Å²) in [6.07, 6.45) is 0.423. The second kappa shape index (κ2) is 10.6. The molecule has 0 unspecified atom stereocenters. The highest BCUT2D eigenvalue weighted by Crippen LogP contribution is 2.25. The maximum atomic E-state index is 12.3. The largest absolute Gasteiger partial charge is 0.497 e. The van der Waals surface area contributed by atoms with Crippen LogP contribution in [0.2, 0.25) is 0 Å². The minimum atomic E-state index is 0.00390. The number of benzene rings is 1. The number of morpholine rings is 1. The van der Waals surface area contributed by atoms with Gasteiger partial charge in [0.2, 0.25) is 5.91 Å². The lowest BCUT2D eigenvalue weighted by molar-refractivity contribution is -0.116. The van der Waals surface area contributed by atoms with E-state index in [0.717, 1.165) is 44.3 Å². The zero-order chi connectivity index (χ0) is 19.8. The van der Waals surface area contributed by atoms with Crippen LogP contribution in [0.3, 0.4) is 0 Å². The number of methoxy groups -OCH3 is 1. The molecular weight excluding hydrogens is 374 g/mol. The van der Waals surface area contributed by atoms with E-state index >= 15 is 0 Å². The number of nitrogens with zero attached hydrogens (tertiary/aromatic N) is 1. The SMILES string of the molecule is COc1ccc(NC(=O)C[C@@H](C)NC[C@@H](c2cccs2)N2CCOCC2)cc1. The molecule has 3 rings (SSSR count). The zero-order valence-electron chi connectivity index (χ0n) is 16.5. The molecule has 1 amide bonds. The number of anilines is 1. The Hall–Kier alpha value is -1.93. The van der Waals surface area contributed by atoms with Crippen molar-refractivity contribution in [2.24, 2.45) is 0 Å². The minimum absolute atomic E-state index is 0.00390. The number of thiophene rings is 1. The maximum Gasteiger partial charge on any atom is 0.225 e. The van der Waals surface area contributed by atoms with Gasteiger partial charge in [-0.15, -0.1) is 11.3 Å². The molecule has 1 aromatic carbocycles. The summed E-state index contributed by atoms with van der Waals surface area (Å²) >= 11 is 1.78. The van der Waals surface area contributed by atoms with Crippen LogP contribution in [0.5, 0.6) is 5.75 Å². The molecule has 7 heteroatoms. The summed E-state index contributed by atoms with van der Waals surface area (Å²) in [6.45, 7) is 6.31. The van der Waals surface area contributed by atoms with Crippen molar-refractivity contribution in [2.45, 2.75) is 25.4 Å². The molecule has 0 spiro atoms. The summed E-state index contributed by atoms with van der Waals surface area (Å²) in [7, 11) is 1.63. The first kappa shape index (κ1) is 20.8. The third-order valence-corrected chi connectivity index (χ3v) is 5.86. The van der Waals surface area contributed by atoms with Gasteiger partial charge in [0.25, 0.3) is 0 Å². The molecule has 0 aliphatic carbocycles. The molecule has 0 radical (unpaired) electrons. The molecule has 6 nitrogen and oxygen atoms in total. The summed E-state index contributed by atoms with van der Waals surface area (Å²) in [5.74, 6) is 0.778. The summed E-state index contributed by atoms with van der Waals surface area (Å²) in [4.78, 5) is 16.2. The van der Waals surface area contributed by atoms with Gasteiger partial charge >= 0.3 is 0 Å². The van der Waals surface area contributed by atoms with Crippen molar-refractivity contribution < 1.29 is 14.3 Å². The van der Waals surface area contributed by atoms with Crippen LogP contribution in [-0.4, -0.2) is 56.8 Å². The van der Waals surface area contributed by atoms with Crippen molar-refractivity contribution in [3.8, 4) is 5.75 Å². The van der Waals surface area contributed by atoms with Crippen LogP contribution in [0.1, 0.15) is 24.3 Å². The van der Waals surface area contributed by atoms with E-state index in [4.69, 9.17) is 9.47 Å². The molecule has 2 heterocycles.